The van der Waals surface area contributed by atoms with Crippen LogP contribution in [0.3, 0.4) is 0 Å². The van der Waals surface area contributed by atoms with Gasteiger partial charge < -0.3 is 26.7 Å². The zero-order valence-electron chi connectivity index (χ0n) is 20.9. The van der Waals surface area contributed by atoms with Crippen LogP contribution in [0.2, 0.25) is 0 Å². The lowest BCUT2D eigenvalue weighted by Gasteiger charge is -2.39. The molecule has 2 aromatic carbocycles. The molecule has 0 spiro atoms. The van der Waals surface area contributed by atoms with Gasteiger partial charge in [0.05, 0.1) is 11.8 Å². The Labute approximate surface area is 223 Å². The average Bonchev–Trinajstić information content (AvgIpc) is 3.86. The monoisotopic (exact) mass is 532 g/mol. The van der Waals surface area contributed by atoms with Crippen LogP contribution >= 0.6 is 0 Å². The number of ketones is 1. The van der Waals surface area contributed by atoms with Gasteiger partial charge in [0.15, 0.2) is 0 Å². The van der Waals surface area contributed by atoms with Crippen molar-refractivity contribution in [1.82, 2.24) is 15.5 Å². The van der Waals surface area contributed by atoms with E-state index in [4.69, 9.17) is 16.4 Å². The summed E-state index contributed by atoms with van der Waals surface area (Å²) in [6, 6.07) is 10.4. The van der Waals surface area contributed by atoms with E-state index < -0.39 is 40.8 Å². The van der Waals surface area contributed by atoms with E-state index in [1.54, 1.807) is 30.5 Å². The summed E-state index contributed by atoms with van der Waals surface area (Å²) in [5.74, 6) is -4.03. The molecule has 9 nitrogen and oxygen atoms in total. The summed E-state index contributed by atoms with van der Waals surface area (Å²) in [7, 11) is 0. The van der Waals surface area contributed by atoms with Gasteiger partial charge in [-0.2, -0.15) is 5.26 Å². The molecule has 2 amide bonds. The Morgan fingerprint density at radius 2 is 1.82 bits per heavy atom. The number of halogens is 2. The van der Waals surface area contributed by atoms with Crippen LogP contribution in [-0.4, -0.2) is 47.0 Å². The average molecular weight is 533 g/mol. The molecule has 0 bridgehead atoms. The molecule has 11 heteroatoms. The fourth-order valence-corrected chi connectivity index (χ4v) is 4.96. The summed E-state index contributed by atoms with van der Waals surface area (Å²) in [5.41, 5.74) is 5.49. The molecular formula is C28H26F2N6O3. The summed E-state index contributed by atoms with van der Waals surface area (Å²) in [6.07, 6.45) is 3.82. The van der Waals surface area contributed by atoms with Gasteiger partial charge in [0.2, 0.25) is 5.78 Å². The van der Waals surface area contributed by atoms with E-state index in [0.717, 1.165) is 25.0 Å². The van der Waals surface area contributed by atoms with E-state index in [1.165, 1.54) is 6.07 Å². The Bertz CT molecular complexity index is 1470. The molecule has 200 valence electrons. The van der Waals surface area contributed by atoms with Crippen LogP contribution < -0.4 is 16.4 Å². The molecular weight excluding hydrogens is 506 g/mol. The Hall–Kier alpha value is -4.43. The van der Waals surface area contributed by atoms with E-state index >= 15 is 4.39 Å². The van der Waals surface area contributed by atoms with Crippen LogP contribution in [0.25, 0.3) is 5.57 Å². The van der Waals surface area contributed by atoms with Gasteiger partial charge in [-0.15, -0.1) is 0 Å². The second-order valence-electron chi connectivity index (χ2n) is 9.99. The lowest BCUT2D eigenvalue weighted by Crippen LogP contribution is -2.48. The molecule has 3 aliphatic rings. The molecule has 2 fully saturated rings. The number of hydrogen-bond donors (Lipinski definition) is 4. The smallest absolute Gasteiger partial charge is 0.310 e. The van der Waals surface area contributed by atoms with Crippen molar-refractivity contribution < 1.29 is 23.2 Å². The minimum Gasteiger partial charge on any atom is -0.355 e. The van der Waals surface area contributed by atoms with E-state index in [0.29, 0.717) is 30.0 Å². The Morgan fingerprint density at radius 1 is 1.13 bits per heavy atom. The molecule has 1 atom stereocenters. The van der Waals surface area contributed by atoms with Crippen molar-refractivity contribution in [3.63, 3.8) is 0 Å². The zero-order valence-corrected chi connectivity index (χ0v) is 20.9. The summed E-state index contributed by atoms with van der Waals surface area (Å²) < 4.78 is 30.6. The van der Waals surface area contributed by atoms with Gasteiger partial charge >= 0.3 is 11.8 Å². The fourth-order valence-electron chi connectivity index (χ4n) is 4.96. The second kappa shape index (κ2) is 10.0. The Balaban J connectivity index is 1.38. The minimum absolute atomic E-state index is 0.0405. The van der Waals surface area contributed by atoms with Crippen LogP contribution in [-0.2, 0) is 21.5 Å². The first-order chi connectivity index (χ1) is 18.7. The molecule has 0 saturated heterocycles. The quantitative estimate of drug-likeness (QED) is 0.168. The molecule has 1 aliphatic heterocycles. The first-order valence-corrected chi connectivity index (χ1v) is 12.6. The number of hydrogen-bond acceptors (Lipinski definition) is 7. The zero-order chi connectivity index (χ0) is 27.9. The van der Waals surface area contributed by atoms with E-state index in [-0.39, 0.29) is 35.5 Å². The molecule has 2 aromatic rings. The highest BCUT2D eigenvalue weighted by Gasteiger charge is 2.53. The third-order valence-corrected chi connectivity index (χ3v) is 7.45. The van der Waals surface area contributed by atoms with Crippen molar-refractivity contribution in [2.75, 3.05) is 6.54 Å². The van der Waals surface area contributed by atoms with E-state index in [2.05, 4.69) is 10.6 Å². The molecule has 0 radical (unpaired) electrons. The summed E-state index contributed by atoms with van der Waals surface area (Å²) >= 11 is 0. The number of nitriles is 1. The maximum absolute atomic E-state index is 15.9. The van der Waals surface area contributed by atoms with Crippen molar-refractivity contribution in [3.8, 4) is 6.07 Å². The highest BCUT2D eigenvalue weighted by molar-refractivity contribution is 6.48. The van der Waals surface area contributed by atoms with Gasteiger partial charge in [0.1, 0.15) is 24.3 Å². The van der Waals surface area contributed by atoms with Crippen LogP contribution in [0.15, 0.2) is 42.6 Å². The number of nitrogens with zero attached hydrogens (tertiary/aromatic N) is 2. The van der Waals surface area contributed by atoms with Gasteiger partial charge in [-0.05, 0) is 43.4 Å². The number of nitrogens with one attached hydrogen (secondary N) is 3. The molecule has 2 saturated carbocycles. The molecule has 1 heterocycles. The van der Waals surface area contributed by atoms with Crippen molar-refractivity contribution >= 4 is 28.9 Å². The van der Waals surface area contributed by atoms with E-state index in [9.17, 15) is 18.8 Å². The summed E-state index contributed by atoms with van der Waals surface area (Å²) in [4.78, 5) is 39.2. The van der Waals surface area contributed by atoms with Crippen LogP contribution in [0.1, 0.15) is 52.7 Å². The lowest BCUT2D eigenvalue weighted by atomic mass is 9.83. The summed E-state index contributed by atoms with van der Waals surface area (Å²) in [5, 5.41) is 21.8. The number of carbonyl (C=O) groups excluding carboxylic acids is 3. The van der Waals surface area contributed by atoms with Gasteiger partial charge in [0, 0.05) is 46.5 Å². The Morgan fingerprint density at radius 3 is 2.46 bits per heavy atom. The number of amides is 2. The number of nitrogens with two attached hydrogens (primary N) is 1. The van der Waals surface area contributed by atoms with Crippen LogP contribution in [0.4, 0.5) is 8.78 Å². The maximum Gasteiger partial charge on any atom is 0.310 e. The highest BCUT2D eigenvalue weighted by atomic mass is 19.1. The number of carbonyl (C=O) groups is 3. The van der Waals surface area contributed by atoms with Gasteiger partial charge in [-0.1, -0.05) is 24.3 Å². The van der Waals surface area contributed by atoms with Gasteiger partial charge in [0.25, 0.3) is 0 Å². The minimum atomic E-state index is -1.28. The SMILES string of the molecule is N#CCNC(=O)C(=O)NCc1ccccc1C(=O)C(=N)C1(c2cc(F)cc(C3=CN(C4CC4)C3N)c2F)CC1. The third-order valence-electron chi connectivity index (χ3n) is 7.45. The normalized spacial score (nSPS) is 18.8. The first-order valence-electron chi connectivity index (χ1n) is 12.6. The topological polar surface area (TPSA) is 152 Å². The number of benzene rings is 2. The number of Topliss-reactive ketones (excluding diaryl/α,β-unsaturated/α-hetero) is 1. The predicted octanol–water partition coefficient (Wildman–Crippen LogP) is 2.26. The van der Waals surface area contributed by atoms with Crippen molar-refractivity contribution in [2.45, 2.75) is 49.9 Å². The van der Waals surface area contributed by atoms with E-state index in [1.807, 2.05) is 4.90 Å². The molecule has 5 rings (SSSR count). The maximum atomic E-state index is 15.9. The molecule has 2 aliphatic carbocycles. The summed E-state index contributed by atoms with van der Waals surface area (Å²) in [6.45, 7) is -0.524. The third kappa shape index (κ3) is 4.79. The lowest BCUT2D eigenvalue weighted by molar-refractivity contribution is -0.139. The van der Waals surface area contributed by atoms with Gasteiger partial charge in [-0.3, -0.25) is 14.4 Å². The predicted molar refractivity (Wildman–Crippen MR) is 137 cm³/mol. The molecule has 5 N–H and O–H groups in total. The fraction of sp³-hybridized carbons (Fsp3) is 0.321. The molecule has 39 heavy (non-hydrogen) atoms. The van der Waals surface area contributed by atoms with Crippen LogP contribution in [0, 0.1) is 28.4 Å². The largest absolute Gasteiger partial charge is 0.355 e. The standard InChI is InChI=1S/C28H26F2N6O3/c29-16-11-19(20-14-36(25(20)33)17-5-6-17)22(30)21(12-16)28(7-8-28)24(32)23(37)18-4-2-1-3-15(18)13-35-27(39)26(38)34-10-9-31/h1-4,11-12,14,17,25,32H,5-8,10,13,33H2,(H,34,38)(H,35,39). The van der Waals surface area contributed by atoms with Crippen molar-refractivity contribution in [2.24, 2.45) is 5.73 Å². The van der Waals surface area contributed by atoms with Crippen molar-refractivity contribution in [3.05, 3.63) is 76.5 Å². The van der Waals surface area contributed by atoms with Crippen LogP contribution in [0.5, 0.6) is 0 Å². The Kier molecular flexibility index (Phi) is 6.74. The molecule has 0 aromatic heterocycles. The highest BCUT2D eigenvalue weighted by Crippen LogP contribution is 2.52. The van der Waals surface area contributed by atoms with Crippen molar-refractivity contribution in [1.29, 1.82) is 10.7 Å². The first kappa shape index (κ1) is 26.2. The molecule has 1 unspecified atom stereocenters. The number of rotatable bonds is 9. The second-order valence-corrected chi connectivity index (χ2v) is 9.99. The van der Waals surface area contributed by atoms with Gasteiger partial charge in [-0.25, -0.2) is 8.78 Å².